The number of nitrogens with one attached hydrogen (secondary N) is 1. The lowest BCUT2D eigenvalue weighted by atomic mass is 9.85. The van der Waals surface area contributed by atoms with Gasteiger partial charge in [-0.2, -0.15) is 0 Å². The van der Waals surface area contributed by atoms with E-state index in [4.69, 9.17) is 4.74 Å². The molecule has 3 amide bonds. The van der Waals surface area contributed by atoms with Crippen molar-refractivity contribution in [3.05, 3.63) is 46.0 Å². The number of benzene rings is 1. The molecule has 1 saturated heterocycles. The van der Waals surface area contributed by atoms with Gasteiger partial charge in [0.1, 0.15) is 12.2 Å². The highest BCUT2D eigenvalue weighted by molar-refractivity contribution is 6.07. The van der Waals surface area contributed by atoms with Gasteiger partial charge in [0.15, 0.2) is 6.61 Å². The molecule has 0 saturated carbocycles. The van der Waals surface area contributed by atoms with E-state index in [1.165, 1.54) is 12.1 Å². The maximum Gasteiger partial charge on any atom is 0.326 e. The number of anilines is 1. The van der Waals surface area contributed by atoms with Crippen LogP contribution in [-0.2, 0) is 23.9 Å². The number of carbonyl (C=O) groups is 4. The fraction of sp³-hybridized carbons (Fsp3) is 0.368. The van der Waals surface area contributed by atoms with Crippen LogP contribution in [0.25, 0.3) is 0 Å². The molecule has 1 heterocycles. The summed E-state index contributed by atoms with van der Waals surface area (Å²) in [5.74, 6) is -3.42. The van der Waals surface area contributed by atoms with Crippen molar-refractivity contribution in [2.75, 3.05) is 18.5 Å². The van der Waals surface area contributed by atoms with Gasteiger partial charge in [0.2, 0.25) is 11.8 Å². The van der Waals surface area contributed by atoms with Gasteiger partial charge < -0.3 is 10.1 Å². The third kappa shape index (κ3) is 4.15. The number of nitro benzene ring substituents is 1. The fourth-order valence-corrected chi connectivity index (χ4v) is 3.49. The van der Waals surface area contributed by atoms with Crippen LogP contribution in [0.3, 0.4) is 0 Å². The monoisotopic (exact) mass is 401 g/mol. The summed E-state index contributed by atoms with van der Waals surface area (Å²) in [4.78, 5) is 60.0. The minimum atomic E-state index is -0.910. The number of para-hydroxylation sites is 1. The molecular formula is C19H19N3O7. The van der Waals surface area contributed by atoms with E-state index in [9.17, 15) is 29.3 Å². The van der Waals surface area contributed by atoms with Crippen molar-refractivity contribution in [3.63, 3.8) is 0 Å². The van der Waals surface area contributed by atoms with Gasteiger partial charge in [0.05, 0.1) is 16.8 Å². The van der Waals surface area contributed by atoms with Crippen molar-refractivity contribution >= 4 is 35.1 Å². The lowest BCUT2D eigenvalue weighted by Crippen LogP contribution is -2.37. The number of amides is 3. The molecule has 0 unspecified atom stereocenters. The number of allylic oxidation sites excluding steroid dienone is 2. The summed E-state index contributed by atoms with van der Waals surface area (Å²) >= 11 is 0. The maximum absolute atomic E-state index is 12.3. The Hall–Kier alpha value is -3.56. The Labute approximate surface area is 165 Å². The molecule has 1 fully saturated rings. The van der Waals surface area contributed by atoms with E-state index in [0.717, 1.165) is 4.90 Å². The zero-order valence-corrected chi connectivity index (χ0v) is 15.6. The number of aryl methyl sites for hydroxylation is 1. The molecule has 3 rings (SSSR count). The molecule has 1 aliphatic heterocycles. The first-order valence-electron chi connectivity index (χ1n) is 8.99. The SMILES string of the molecule is Cc1cccc([N+](=O)[O-])c1NC(=O)COC(=O)CN1C(=O)[C@H]2CC=CC[C@@H]2C1=O. The minimum Gasteiger partial charge on any atom is -0.454 e. The lowest BCUT2D eigenvalue weighted by Gasteiger charge is -2.14. The second-order valence-corrected chi connectivity index (χ2v) is 6.85. The summed E-state index contributed by atoms with van der Waals surface area (Å²) < 4.78 is 4.85. The number of hydrogen-bond acceptors (Lipinski definition) is 7. The third-order valence-electron chi connectivity index (χ3n) is 4.96. The minimum absolute atomic E-state index is 0.0139. The number of hydrogen-bond donors (Lipinski definition) is 1. The van der Waals surface area contributed by atoms with Crippen LogP contribution < -0.4 is 5.32 Å². The number of fused-ring (bicyclic) bond motifs is 1. The molecule has 0 radical (unpaired) electrons. The Kier molecular flexibility index (Phi) is 5.71. The van der Waals surface area contributed by atoms with Crippen LogP contribution in [0.4, 0.5) is 11.4 Å². The van der Waals surface area contributed by atoms with E-state index in [1.807, 2.05) is 12.2 Å². The van der Waals surface area contributed by atoms with Crippen molar-refractivity contribution in [3.8, 4) is 0 Å². The first-order chi connectivity index (χ1) is 13.8. The molecule has 0 spiro atoms. The topological polar surface area (TPSA) is 136 Å². The summed E-state index contributed by atoms with van der Waals surface area (Å²) in [5, 5.41) is 13.4. The zero-order chi connectivity index (χ0) is 21.1. The Morgan fingerprint density at radius 2 is 1.83 bits per heavy atom. The van der Waals surface area contributed by atoms with Gasteiger partial charge in [-0.05, 0) is 25.3 Å². The number of nitrogens with zero attached hydrogens (tertiary/aromatic N) is 2. The van der Waals surface area contributed by atoms with E-state index in [2.05, 4.69) is 5.32 Å². The second kappa shape index (κ2) is 8.21. The van der Waals surface area contributed by atoms with E-state index in [0.29, 0.717) is 18.4 Å². The normalized spacial score (nSPS) is 20.4. The molecule has 0 aromatic heterocycles. The van der Waals surface area contributed by atoms with Crippen LogP contribution in [0.5, 0.6) is 0 Å². The predicted molar refractivity (Wildman–Crippen MR) is 99.5 cm³/mol. The molecule has 152 valence electrons. The fourth-order valence-electron chi connectivity index (χ4n) is 3.49. The van der Waals surface area contributed by atoms with E-state index in [1.54, 1.807) is 13.0 Å². The van der Waals surface area contributed by atoms with E-state index in [-0.39, 0.29) is 11.4 Å². The van der Waals surface area contributed by atoms with Crippen LogP contribution in [0, 0.1) is 28.9 Å². The van der Waals surface area contributed by atoms with Crippen LogP contribution in [0.15, 0.2) is 30.4 Å². The van der Waals surface area contributed by atoms with Crippen molar-refractivity contribution in [2.24, 2.45) is 11.8 Å². The Morgan fingerprint density at radius 3 is 2.41 bits per heavy atom. The summed E-state index contributed by atoms with van der Waals surface area (Å²) in [6.07, 6.45) is 4.59. The molecule has 2 aliphatic rings. The highest BCUT2D eigenvalue weighted by Crippen LogP contribution is 2.34. The van der Waals surface area contributed by atoms with Crippen LogP contribution >= 0.6 is 0 Å². The Balaban J connectivity index is 1.55. The number of imide groups is 1. The molecule has 10 nitrogen and oxygen atoms in total. The Bertz CT molecular complexity index is 898. The summed E-state index contributed by atoms with van der Waals surface area (Å²) in [7, 11) is 0. The highest BCUT2D eigenvalue weighted by Gasteiger charge is 2.47. The van der Waals surface area contributed by atoms with Crippen LogP contribution in [0.1, 0.15) is 18.4 Å². The number of carbonyl (C=O) groups excluding carboxylic acids is 4. The zero-order valence-electron chi connectivity index (χ0n) is 15.6. The average molecular weight is 401 g/mol. The third-order valence-corrected chi connectivity index (χ3v) is 4.96. The number of likely N-dealkylation sites (tertiary alicyclic amines) is 1. The second-order valence-electron chi connectivity index (χ2n) is 6.85. The lowest BCUT2D eigenvalue weighted by molar-refractivity contribution is -0.384. The first-order valence-corrected chi connectivity index (χ1v) is 8.99. The van der Waals surface area contributed by atoms with Gasteiger partial charge in [-0.25, -0.2) is 0 Å². The van der Waals surface area contributed by atoms with E-state index < -0.39 is 53.6 Å². The first kappa shape index (κ1) is 20.2. The molecule has 1 aromatic carbocycles. The molecule has 29 heavy (non-hydrogen) atoms. The molecule has 10 heteroatoms. The average Bonchev–Trinajstić information content (AvgIpc) is 2.93. The smallest absolute Gasteiger partial charge is 0.326 e. The van der Waals surface area contributed by atoms with Crippen molar-refractivity contribution in [1.29, 1.82) is 0 Å². The molecule has 1 aromatic rings. The van der Waals surface area contributed by atoms with Gasteiger partial charge in [0, 0.05) is 6.07 Å². The highest BCUT2D eigenvalue weighted by atomic mass is 16.6. The largest absolute Gasteiger partial charge is 0.454 e. The molecule has 1 N–H and O–H groups in total. The van der Waals surface area contributed by atoms with Gasteiger partial charge in [-0.1, -0.05) is 24.3 Å². The van der Waals surface area contributed by atoms with Crippen molar-refractivity contribution in [2.45, 2.75) is 19.8 Å². The predicted octanol–water partition coefficient (Wildman–Crippen LogP) is 1.34. The number of esters is 1. The standard InChI is InChI=1S/C19H19N3O7/c1-11-5-4-8-14(22(27)28)17(11)20-15(23)10-29-16(24)9-21-18(25)12-6-2-3-7-13(12)19(21)26/h2-5,8,12-13H,6-7,9-10H2,1H3,(H,20,23)/t12-,13-/m0/s1. The summed E-state index contributed by atoms with van der Waals surface area (Å²) in [6.45, 7) is 0.324. The maximum atomic E-state index is 12.3. The van der Waals surface area contributed by atoms with Crippen LogP contribution in [-0.4, -0.2) is 46.7 Å². The van der Waals surface area contributed by atoms with Gasteiger partial charge in [-0.15, -0.1) is 0 Å². The molecular weight excluding hydrogens is 382 g/mol. The van der Waals surface area contributed by atoms with Gasteiger partial charge in [-0.3, -0.25) is 34.2 Å². The number of ether oxygens (including phenoxy) is 1. The van der Waals surface area contributed by atoms with E-state index >= 15 is 0 Å². The number of rotatable bonds is 6. The van der Waals surface area contributed by atoms with Crippen molar-refractivity contribution < 1.29 is 28.8 Å². The van der Waals surface area contributed by atoms with Crippen molar-refractivity contribution in [1.82, 2.24) is 4.90 Å². The van der Waals surface area contributed by atoms with Gasteiger partial charge in [0.25, 0.3) is 11.6 Å². The summed E-state index contributed by atoms with van der Waals surface area (Å²) in [5.41, 5.74) is 0.206. The molecule has 2 atom stereocenters. The number of nitro groups is 1. The molecule has 1 aliphatic carbocycles. The Morgan fingerprint density at radius 1 is 1.21 bits per heavy atom. The quantitative estimate of drug-likeness (QED) is 0.250. The molecule has 0 bridgehead atoms. The summed E-state index contributed by atoms with van der Waals surface area (Å²) in [6, 6.07) is 4.32. The van der Waals surface area contributed by atoms with Crippen LogP contribution in [0.2, 0.25) is 0 Å². The van der Waals surface area contributed by atoms with Gasteiger partial charge >= 0.3 is 5.97 Å².